The quantitative estimate of drug-likeness (QED) is 0.749. The van der Waals surface area contributed by atoms with Gasteiger partial charge in [-0.15, -0.1) is 17.0 Å². The molecule has 0 aromatic heterocycles. The molecule has 112 valence electrons. The van der Waals surface area contributed by atoms with Gasteiger partial charge in [0.1, 0.15) is 5.37 Å². The molecule has 2 aromatic carbocycles. The Kier molecular flexibility index (Phi) is 4.89. The molecule has 0 N–H and O–H groups in total. The number of hydrogen-bond acceptors (Lipinski definition) is 3. The number of aryl methyl sites for hydroxylation is 1. The van der Waals surface area contributed by atoms with Crippen LogP contribution in [0, 0.1) is 6.92 Å². The third-order valence-corrected chi connectivity index (χ3v) is 5.17. The number of anilines is 2. The lowest BCUT2D eigenvalue weighted by Gasteiger charge is -2.22. The fourth-order valence-electron chi connectivity index (χ4n) is 2.56. The molecule has 2 aromatic rings. The van der Waals surface area contributed by atoms with Crippen molar-refractivity contribution in [2.45, 2.75) is 17.2 Å². The molecule has 0 saturated carbocycles. The van der Waals surface area contributed by atoms with Crippen molar-refractivity contribution < 1.29 is 0 Å². The molecule has 0 saturated heterocycles. The lowest BCUT2D eigenvalue weighted by Crippen LogP contribution is -2.17. The summed E-state index contributed by atoms with van der Waals surface area (Å²) in [7, 11) is 6.33. The van der Waals surface area contributed by atoms with Gasteiger partial charge in [-0.05, 0) is 42.3 Å². The highest BCUT2D eigenvalue weighted by molar-refractivity contribution is 8.93. The Morgan fingerprint density at radius 3 is 2.33 bits per heavy atom. The molecule has 0 spiro atoms. The Bertz CT molecular complexity index is 625. The number of benzene rings is 2. The minimum Gasteiger partial charge on any atom is -0.378 e. The SMILES string of the molecule is Br.Cc1ccc2c(c1)SC(c1ccc(N(C)C)cc1)N2C. The van der Waals surface area contributed by atoms with Crippen LogP contribution in [0.25, 0.3) is 0 Å². The van der Waals surface area contributed by atoms with Crippen molar-refractivity contribution in [1.29, 1.82) is 0 Å². The van der Waals surface area contributed by atoms with E-state index in [-0.39, 0.29) is 17.0 Å². The third-order valence-electron chi connectivity index (χ3n) is 3.78. The van der Waals surface area contributed by atoms with Gasteiger partial charge in [0.25, 0.3) is 0 Å². The van der Waals surface area contributed by atoms with Gasteiger partial charge >= 0.3 is 0 Å². The average molecular weight is 365 g/mol. The predicted molar refractivity (Wildman–Crippen MR) is 99.3 cm³/mol. The van der Waals surface area contributed by atoms with Gasteiger partial charge in [-0.3, -0.25) is 0 Å². The van der Waals surface area contributed by atoms with Gasteiger partial charge in [0.2, 0.25) is 0 Å². The summed E-state index contributed by atoms with van der Waals surface area (Å²) < 4.78 is 0. The van der Waals surface area contributed by atoms with Crippen molar-refractivity contribution in [1.82, 2.24) is 0 Å². The zero-order valence-corrected chi connectivity index (χ0v) is 15.4. The van der Waals surface area contributed by atoms with E-state index < -0.39 is 0 Å². The highest BCUT2D eigenvalue weighted by atomic mass is 79.9. The van der Waals surface area contributed by atoms with Crippen LogP contribution in [-0.2, 0) is 0 Å². The highest BCUT2D eigenvalue weighted by Crippen LogP contribution is 2.50. The molecule has 2 nitrogen and oxygen atoms in total. The number of thioether (sulfide) groups is 1. The van der Waals surface area contributed by atoms with Crippen molar-refractivity contribution in [2.24, 2.45) is 0 Å². The molecule has 0 fully saturated rings. The van der Waals surface area contributed by atoms with Crippen LogP contribution in [0.4, 0.5) is 11.4 Å². The summed E-state index contributed by atoms with van der Waals surface area (Å²) in [5, 5.41) is 0.378. The second-order valence-electron chi connectivity index (χ2n) is 5.54. The van der Waals surface area contributed by atoms with Crippen LogP contribution >= 0.6 is 28.7 Å². The molecule has 0 bridgehead atoms. The Morgan fingerprint density at radius 2 is 1.71 bits per heavy atom. The molecule has 0 aliphatic carbocycles. The third kappa shape index (κ3) is 3.06. The van der Waals surface area contributed by atoms with Crippen LogP contribution in [-0.4, -0.2) is 21.1 Å². The van der Waals surface area contributed by atoms with E-state index >= 15 is 0 Å². The first kappa shape index (κ1) is 16.2. The summed E-state index contributed by atoms with van der Waals surface area (Å²) in [4.78, 5) is 5.88. The number of halogens is 1. The predicted octanol–water partition coefficient (Wildman–Crippen LogP) is 4.88. The molecule has 0 radical (unpaired) electrons. The summed E-state index contributed by atoms with van der Waals surface area (Å²) in [5.74, 6) is 0. The lowest BCUT2D eigenvalue weighted by atomic mass is 10.1. The second kappa shape index (κ2) is 6.32. The van der Waals surface area contributed by atoms with E-state index in [9.17, 15) is 0 Å². The lowest BCUT2D eigenvalue weighted by molar-refractivity contribution is 0.912. The number of fused-ring (bicyclic) bond motifs is 1. The van der Waals surface area contributed by atoms with Crippen molar-refractivity contribution in [3.63, 3.8) is 0 Å². The largest absolute Gasteiger partial charge is 0.378 e. The minimum atomic E-state index is 0. The monoisotopic (exact) mass is 364 g/mol. The van der Waals surface area contributed by atoms with Crippen LogP contribution < -0.4 is 9.80 Å². The van der Waals surface area contributed by atoms with Crippen molar-refractivity contribution in [2.75, 3.05) is 30.9 Å². The van der Waals surface area contributed by atoms with Gasteiger partial charge in [0.15, 0.2) is 0 Å². The minimum absolute atomic E-state index is 0. The van der Waals surface area contributed by atoms with Gasteiger partial charge in [-0.1, -0.05) is 30.0 Å². The molecule has 1 aliphatic rings. The van der Waals surface area contributed by atoms with Gasteiger partial charge in [0.05, 0.1) is 5.69 Å². The smallest absolute Gasteiger partial charge is 0.105 e. The standard InChI is InChI=1S/C17H20N2S.BrH/c1-12-5-10-15-16(11-12)20-17(19(15)4)13-6-8-14(9-7-13)18(2)3;/h5-11,17H,1-4H3;1H. The number of rotatable bonds is 2. The number of hydrogen-bond donors (Lipinski definition) is 0. The summed E-state index contributed by atoms with van der Waals surface area (Å²) >= 11 is 1.94. The molecule has 1 atom stereocenters. The van der Waals surface area contributed by atoms with E-state index in [0.29, 0.717) is 5.37 Å². The highest BCUT2D eigenvalue weighted by Gasteiger charge is 2.28. The summed E-state index contributed by atoms with van der Waals surface area (Å²) in [6.07, 6.45) is 0. The normalized spacial score (nSPS) is 16.4. The van der Waals surface area contributed by atoms with E-state index in [4.69, 9.17) is 0 Å². The zero-order chi connectivity index (χ0) is 14.3. The van der Waals surface area contributed by atoms with Gasteiger partial charge in [-0.25, -0.2) is 0 Å². The molecule has 21 heavy (non-hydrogen) atoms. The Morgan fingerprint density at radius 1 is 1.05 bits per heavy atom. The first-order valence-electron chi connectivity index (χ1n) is 6.83. The summed E-state index contributed by atoms with van der Waals surface area (Å²) in [6, 6.07) is 15.6. The van der Waals surface area contributed by atoms with E-state index in [2.05, 4.69) is 80.3 Å². The maximum absolute atomic E-state index is 2.37. The molecule has 1 unspecified atom stereocenters. The van der Waals surface area contributed by atoms with Crippen molar-refractivity contribution in [3.05, 3.63) is 53.6 Å². The summed E-state index contributed by atoms with van der Waals surface area (Å²) in [6.45, 7) is 2.15. The fourth-order valence-corrected chi connectivity index (χ4v) is 3.95. The molecular formula is C17H21BrN2S. The molecule has 1 heterocycles. The Hall–Kier alpha value is -1.13. The maximum atomic E-state index is 2.37. The van der Waals surface area contributed by atoms with Gasteiger partial charge in [0, 0.05) is 31.7 Å². The average Bonchev–Trinajstić information content (AvgIpc) is 2.75. The van der Waals surface area contributed by atoms with Crippen LogP contribution in [0.2, 0.25) is 0 Å². The van der Waals surface area contributed by atoms with Crippen molar-refractivity contribution in [3.8, 4) is 0 Å². The van der Waals surface area contributed by atoms with Crippen molar-refractivity contribution >= 4 is 40.1 Å². The first-order chi connectivity index (χ1) is 9.56. The Balaban J connectivity index is 0.00000161. The van der Waals surface area contributed by atoms with E-state index in [1.807, 2.05) is 11.8 Å². The molecule has 0 amide bonds. The van der Waals surface area contributed by atoms with E-state index in [1.54, 1.807) is 0 Å². The Labute approximate surface area is 141 Å². The molecule has 4 heteroatoms. The second-order valence-corrected chi connectivity index (χ2v) is 6.66. The number of nitrogens with zero attached hydrogens (tertiary/aromatic N) is 2. The molecule has 1 aliphatic heterocycles. The molecule has 3 rings (SSSR count). The zero-order valence-electron chi connectivity index (χ0n) is 12.8. The topological polar surface area (TPSA) is 6.48 Å². The van der Waals surface area contributed by atoms with E-state index in [1.165, 1.54) is 27.4 Å². The fraction of sp³-hybridized carbons (Fsp3) is 0.294. The van der Waals surface area contributed by atoms with Crippen LogP contribution in [0.15, 0.2) is 47.4 Å². The van der Waals surface area contributed by atoms with Gasteiger partial charge < -0.3 is 9.80 Å². The van der Waals surface area contributed by atoms with Crippen LogP contribution in [0.5, 0.6) is 0 Å². The van der Waals surface area contributed by atoms with Gasteiger partial charge in [-0.2, -0.15) is 0 Å². The first-order valence-corrected chi connectivity index (χ1v) is 7.71. The van der Waals surface area contributed by atoms with E-state index in [0.717, 1.165) is 0 Å². The summed E-state index contributed by atoms with van der Waals surface area (Å²) in [5.41, 5.74) is 5.26. The van der Waals surface area contributed by atoms with Crippen LogP contribution in [0.1, 0.15) is 16.5 Å². The maximum Gasteiger partial charge on any atom is 0.105 e. The molecular weight excluding hydrogens is 344 g/mol. The van der Waals surface area contributed by atoms with Crippen LogP contribution in [0.3, 0.4) is 0 Å².